The number of nitrogens with two attached hydrogens (primary N) is 1. The SMILES string of the molecule is CC[C@@H](N)c1nc(CC2CN(C)CCN2C)no1. The van der Waals surface area contributed by atoms with Crippen molar-refractivity contribution in [2.75, 3.05) is 33.7 Å². The summed E-state index contributed by atoms with van der Waals surface area (Å²) in [7, 11) is 4.30. The van der Waals surface area contributed by atoms with Crippen LogP contribution in [0.25, 0.3) is 0 Å². The topological polar surface area (TPSA) is 71.4 Å². The van der Waals surface area contributed by atoms with Crippen LogP contribution in [0.5, 0.6) is 0 Å². The van der Waals surface area contributed by atoms with Gasteiger partial charge in [0, 0.05) is 32.1 Å². The molecule has 1 saturated heterocycles. The molecule has 0 spiro atoms. The van der Waals surface area contributed by atoms with Crippen LogP contribution in [0.4, 0.5) is 0 Å². The average molecular weight is 253 g/mol. The smallest absolute Gasteiger partial charge is 0.243 e. The third kappa shape index (κ3) is 3.07. The van der Waals surface area contributed by atoms with Crippen LogP contribution < -0.4 is 5.73 Å². The lowest BCUT2D eigenvalue weighted by atomic mass is 10.1. The van der Waals surface area contributed by atoms with Crippen molar-refractivity contribution < 1.29 is 4.52 Å². The average Bonchev–Trinajstić information content (AvgIpc) is 2.81. The predicted octanol–water partition coefficient (Wildman–Crippen LogP) is 0.268. The zero-order chi connectivity index (χ0) is 13.1. The van der Waals surface area contributed by atoms with Crippen molar-refractivity contribution in [2.24, 2.45) is 5.73 Å². The van der Waals surface area contributed by atoms with E-state index in [1.165, 1.54) is 0 Å². The van der Waals surface area contributed by atoms with Gasteiger partial charge >= 0.3 is 0 Å². The molecule has 6 heteroatoms. The molecule has 1 aromatic rings. The first kappa shape index (κ1) is 13.5. The highest BCUT2D eigenvalue weighted by atomic mass is 16.5. The van der Waals surface area contributed by atoms with Crippen molar-refractivity contribution in [3.63, 3.8) is 0 Å². The third-order valence-corrected chi connectivity index (χ3v) is 3.64. The highest BCUT2D eigenvalue weighted by Crippen LogP contribution is 2.14. The Labute approximate surface area is 108 Å². The van der Waals surface area contributed by atoms with E-state index in [1.54, 1.807) is 0 Å². The molecule has 18 heavy (non-hydrogen) atoms. The minimum atomic E-state index is -0.141. The van der Waals surface area contributed by atoms with Gasteiger partial charge < -0.3 is 20.1 Å². The number of hydrogen-bond acceptors (Lipinski definition) is 6. The van der Waals surface area contributed by atoms with E-state index in [1.807, 2.05) is 6.92 Å². The van der Waals surface area contributed by atoms with Gasteiger partial charge in [0.2, 0.25) is 5.89 Å². The van der Waals surface area contributed by atoms with Crippen molar-refractivity contribution in [1.82, 2.24) is 19.9 Å². The molecule has 0 radical (unpaired) electrons. The summed E-state index contributed by atoms with van der Waals surface area (Å²) in [5.74, 6) is 1.32. The lowest BCUT2D eigenvalue weighted by molar-refractivity contribution is 0.113. The first-order valence-corrected chi connectivity index (χ1v) is 6.57. The zero-order valence-corrected chi connectivity index (χ0v) is 11.5. The van der Waals surface area contributed by atoms with Gasteiger partial charge in [0.1, 0.15) is 0 Å². The van der Waals surface area contributed by atoms with Crippen LogP contribution in [0.3, 0.4) is 0 Å². The van der Waals surface area contributed by atoms with Crippen molar-refractivity contribution in [1.29, 1.82) is 0 Å². The summed E-state index contributed by atoms with van der Waals surface area (Å²) in [6, 6.07) is 0.310. The Balaban J connectivity index is 1.98. The Morgan fingerprint density at radius 1 is 1.44 bits per heavy atom. The van der Waals surface area contributed by atoms with E-state index in [0.29, 0.717) is 11.9 Å². The minimum Gasteiger partial charge on any atom is -0.338 e. The summed E-state index contributed by atoms with van der Waals surface area (Å²) in [5.41, 5.74) is 5.88. The van der Waals surface area contributed by atoms with Gasteiger partial charge in [-0.15, -0.1) is 0 Å². The number of nitrogens with zero attached hydrogens (tertiary/aromatic N) is 4. The molecule has 2 atom stereocenters. The van der Waals surface area contributed by atoms with Crippen molar-refractivity contribution in [2.45, 2.75) is 31.8 Å². The molecule has 1 aromatic heterocycles. The van der Waals surface area contributed by atoms with Crippen molar-refractivity contribution in [3.8, 4) is 0 Å². The van der Waals surface area contributed by atoms with Crippen molar-refractivity contribution >= 4 is 0 Å². The van der Waals surface area contributed by atoms with E-state index in [0.717, 1.165) is 38.3 Å². The molecule has 0 aromatic carbocycles. The Morgan fingerprint density at radius 3 is 2.94 bits per heavy atom. The third-order valence-electron chi connectivity index (χ3n) is 3.64. The number of piperazine rings is 1. The summed E-state index contributed by atoms with van der Waals surface area (Å²) in [6.07, 6.45) is 1.63. The fourth-order valence-electron chi connectivity index (χ4n) is 2.21. The molecular weight excluding hydrogens is 230 g/mol. The second kappa shape index (κ2) is 5.77. The van der Waals surface area contributed by atoms with Gasteiger partial charge in [-0.2, -0.15) is 4.98 Å². The molecule has 102 valence electrons. The van der Waals surface area contributed by atoms with Crippen LogP contribution in [0, 0.1) is 0 Å². The van der Waals surface area contributed by atoms with Gasteiger partial charge in [0.05, 0.1) is 6.04 Å². The first-order chi connectivity index (χ1) is 8.60. The molecule has 2 rings (SSSR count). The summed E-state index contributed by atoms with van der Waals surface area (Å²) in [5, 5.41) is 4.03. The Kier molecular flexibility index (Phi) is 4.31. The van der Waals surface area contributed by atoms with Crippen LogP contribution >= 0.6 is 0 Å². The lowest BCUT2D eigenvalue weighted by Crippen LogP contribution is -2.50. The molecule has 0 aliphatic carbocycles. The summed E-state index contributed by atoms with van der Waals surface area (Å²) in [6.45, 7) is 5.25. The fourth-order valence-corrected chi connectivity index (χ4v) is 2.21. The van der Waals surface area contributed by atoms with E-state index < -0.39 is 0 Å². The van der Waals surface area contributed by atoms with Crippen molar-refractivity contribution in [3.05, 3.63) is 11.7 Å². The van der Waals surface area contributed by atoms with Gasteiger partial charge in [-0.25, -0.2) is 0 Å². The standard InChI is InChI=1S/C12H23N5O/c1-4-10(13)12-14-11(15-18-12)7-9-8-16(2)5-6-17(9)3/h9-10H,4-8,13H2,1-3H3/t9?,10-/m1/s1. The lowest BCUT2D eigenvalue weighted by Gasteiger charge is -2.37. The van der Waals surface area contributed by atoms with Gasteiger partial charge in [-0.1, -0.05) is 12.1 Å². The molecule has 2 heterocycles. The number of rotatable bonds is 4. The molecule has 1 fully saturated rings. The van der Waals surface area contributed by atoms with E-state index in [4.69, 9.17) is 10.3 Å². The van der Waals surface area contributed by atoms with Gasteiger partial charge in [-0.3, -0.25) is 0 Å². The maximum atomic E-state index is 5.88. The Bertz CT molecular complexity index is 380. The summed E-state index contributed by atoms with van der Waals surface area (Å²) >= 11 is 0. The molecule has 1 unspecified atom stereocenters. The highest BCUT2D eigenvalue weighted by Gasteiger charge is 2.24. The summed E-state index contributed by atoms with van der Waals surface area (Å²) in [4.78, 5) is 9.08. The van der Waals surface area contributed by atoms with Crippen LogP contribution in [0.15, 0.2) is 4.52 Å². The number of aromatic nitrogens is 2. The minimum absolute atomic E-state index is 0.141. The molecule has 0 bridgehead atoms. The summed E-state index contributed by atoms with van der Waals surface area (Å²) < 4.78 is 5.20. The van der Waals surface area contributed by atoms with E-state index in [-0.39, 0.29) is 6.04 Å². The quantitative estimate of drug-likeness (QED) is 0.830. The molecular formula is C12H23N5O. The molecule has 0 amide bonds. The van der Waals surface area contributed by atoms with E-state index in [2.05, 4.69) is 34.0 Å². The van der Waals surface area contributed by atoms with Crippen LogP contribution in [-0.2, 0) is 6.42 Å². The molecule has 1 aliphatic rings. The molecule has 6 nitrogen and oxygen atoms in total. The maximum absolute atomic E-state index is 5.88. The van der Waals surface area contributed by atoms with Gasteiger partial charge in [-0.05, 0) is 20.5 Å². The van der Waals surface area contributed by atoms with Crippen LogP contribution in [0.1, 0.15) is 31.1 Å². The second-order valence-corrected chi connectivity index (χ2v) is 5.16. The largest absolute Gasteiger partial charge is 0.338 e. The zero-order valence-electron chi connectivity index (χ0n) is 11.5. The van der Waals surface area contributed by atoms with Gasteiger partial charge in [0.15, 0.2) is 5.82 Å². The monoisotopic (exact) mass is 253 g/mol. The molecule has 2 N–H and O–H groups in total. The predicted molar refractivity (Wildman–Crippen MR) is 69.1 cm³/mol. The van der Waals surface area contributed by atoms with Gasteiger partial charge in [0.25, 0.3) is 0 Å². The van der Waals surface area contributed by atoms with Crippen LogP contribution in [0.2, 0.25) is 0 Å². The van der Waals surface area contributed by atoms with E-state index in [9.17, 15) is 0 Å². The Morgan fingerprint density at radius 2 is 2.22 bits per heavy atom. The fraction of sp³-hybridized carbons (Fsp3) is 0.833. The molecule has 0 saturated carbocycles. The van der Waals surface area contributed by atoms with E-state index >= 15 is 0 Å². The number of hydrogen-bond donors (Lipinski definition) is 1. The first-order valence-electron chi connectivity index (χ1n) is 6.57. The normalized spacial score (nSPS) is 24.3. The Hall–Kier alpha value is -0.980. The number of likely N-dealkylation sites (N-methyl/N-ethyl adjacent to an activating group) is 2. The molecule has 1 aliphatic heterocycles. The maximum Gasteiger partial charge on any atom is 0.243 e. The highest BCUT2D eigenvalue weighted by molar-refractivity contribution is 4.95. The van der Waals surface area contributed by atoms with Crippen LogP contribution in [-0.4, -0.2) is 59.7 Å². The second-order valence-electron chi connectivity index (χ2n) is 5.16.